The van der Waals surface area contributed by atoms with Crippen molar-refractivity contribution < 1.29 is 9.53 Å². The lowest BCUT2D eigenvalue weighted by Crippen LogP contribution is -2.30. The zero-order valence-corrected chi connectivity index (χ0v) is 15.2. The summed E-state index contributed by atoms with van der Waals surface area (Å²) in [7, 11) is 0. The minimum atomic E-state index is -0.468. The Balaban J connectivity index is 1.99. The van der Waals surface area contributed by atoms with E-state index < -0.39 is 5.41 Å². The molecule has 3 aromatic rings. The molecule has 0 saturated carbocycles. The van der Waals surface area contributed by atoms with Crippen LogP contribution in [0.4, 0.5) is 0 Å². The fraction of sp³-hybridized carbons (Fsp3) is 0.318. The number of hydrogen-bond donors (Lipinski definition) is 0. The van der Waals surface area contributed by atoms with E-state index in [1.165, 1.54) is 0 Å². The van der Waals surface area contributed by atoms with Crippen molar-refractivity contribution in [2.45, 2.75) is 38.5 Å². The largest absolute Gasteiger partial charge is 0.466 e. The molecule has 0 fully saturated rings. The van der Waals surface area contributed by atoms with Gasteiger partial charge in [0.1, 0.15) is 0 Å². The van der Waals surface area contributed by atoms with Crippen molar-refractivity contribution in [1.82, 2.24) is 9.97 Å². The van der Waals surface area contributed by atoms with Gasteiger partial charge in [0.2, 0.25) is 0 Å². The molecule has 1 unspecified atom stereocenters. The first kappa shape index (κ1) is 16.7. The fourth-order valence-corrected chi connectivity index (χ4v) is 4.16. The SMILES string of the molecule is CCCC1(CC(=O)OCC)c2ccccc2-c2nc3ccccc3nc21. The molecule has 0 radical (unpaired) electrons. The zero-order chi connectivity index (χ0) is 18.1. The van der Waals surface area contributed by atoms with Crippen molar-refractivity contribution in [1.29, 1.82) is 0 Å². The van der Waals surface area contributed by atoms with Crippen LogP contribution in [0.15, 0.2) is 48.5 Å². The van der Waals surface area contributed by atoms with Crippen molar-refractivity contribution in [3.63, 3.8) is 0 Å². The van der Waals surface area contributed by atoms with Crippen molar-refractivity contribution in [2.75, 3.05) is 6.61 Å². The summed E-state index contributed by atoms with van der Waals surface area (Å²) in [5.41, 5.74) is 5.31. The number of ether oxygens (including phenoxy) is 1. The summed E-state index contributed by atoms with van der Waals surface area (Å²) >= 11 is 0. The average molecular weight is 346 g/mol. The number of nitrogens with zero attached hydrogens (tertiary/aromatic N) is 2. The summed E-state index contributed by atoms with van der Waals surface area (Å²) in [6.45, 7) is 4.37. The van der Waals surface area contributed by atoms with Gasteiger partial charge in [0, 0.05) is 5.56 Å². The summed E-state index contributed by atoms with van der Waals surface area (Å²) in [4.78, 5) is 22.4. The van der Waals surface area contributed by atoms with E-state index in [9.17, 15) is 4.79 Å². The van der Waals surface area contributed by atoms with E-state index in [0.717, 1.165) is 46.4 Å². The first-order valence-corrected chi connectivity index (χ1v) is 9.22. The van der Waals surface area contributed by atoms with E-state index in [1.54, 1.807) is 0 Å². The van der Waals surface area contributed by atoms with Crippen molar-refractivity contribution in [3.8, 4) is 11.3 Å². The second kappa shape index (κ2) is 6.52. The third-order valence-electron chi connectivity index (χ3n) is 5.15. The molecule has 132 valence electrons. The highest BCUT2D eigenvalue weighted by Gasteiger charge is 2.46. The number of esters is 1. The first-order chi connectivity index (χ1) is 12.7. The van der Waals surface area contributed by atoms with E-state index in [2.05, 4.69) is 19.1 Å². The molecule has 0 spiro atoms. The van der Waals surface area contributed by atoms with E-state index in [0.29, 0.717) is 13.0 Å². The standard InChI is InChI=1S/C22H22N2O2/c1-3-13-22(14-19(25)26-4-2)16-10-6-5-9-15(16)20-21(22)24-18-12-8-7-11-17(18)23-20/h5-12H,3-4,13-14H2,1-2H3. The molecule has 1 aliphatic carbocycles. The van der Waals surface area contributed by atoms with Gasteiger partial charge < -0.3 is 4.74 Å². The first-order valence-electron chi connectivity index (χ1n) is 9.22. The second-order valence-electron chi connectivity index (χ2n) is 6.77. The number of aromatic nitrogens is 2. The van der Waals surface area contributed by atoms with Crippen LogP contribution in [0.5, 0.6) is 0 Å². The van der Waals surface area contributed by atoms with Crippen LogP contribution in [0.2, 0.25) is 0 Å². The summed E-state index contributed by atoms with van der Waals surface area (Å²) in [6, 6.07) is 16.1. The van der Waals surface area contributed by atoms with Crippen LogP contribution in [-0.2, 0) is 14.9 Å². The maximum absolute atomic E-state index is 12.5. The number of carbonyl (C=O) groups is 1. The highest BCUT2D eigenvalue weighted by Crippen LogP contribution is 2.52. The van der Waals surface area contributed by atoms with Gasteiger partial charge in [-0.3, -0.25) is 4.79 Å². The molecule has 2 aromatic carbocycles. The molecular weight excluding hydrogens is 324 g/mol. The Hall–Kier alpha value is -2.75. The zero-order valence-electron chi connectivity index (χ0n) is 15.2. The van der Waals surface area contributed by atoms with Crippen LogP contribution in [0, 0.1) is 0 Å². The lowest BCUT2D eigenvalue weighted by Gasteiger charge is -2.29. The third-order valence-corrected chi connectivity index (χ3v) is 5.15. The summed E-state index contributed by atoms with van der Waals surface area (Å²) < 4.78 is 5.31. The van der Waals surface area contributed by atoms with E-state index >= 15 is 0 Å². The van der Waals surface area contributed by atoms with E-state index in [1.807, 2.05) is 43.3 Å². The van der Waals surface area contributed by atoms with Crippen LogP contribution in [0.1, 0.15) is 44.4 Å². The van der Waals surface area contributed by atoms with Crippen LogP contribution in [0.3, 0.4) is 0 Å². The number of rotatable bonds is 5. The monoisotopic (exact) mass is 346 g/mol. The van der Waals surface area contributed by atoms with Gasteiger partial charge in [0.15, 0.2) is 0 Å². The smallest absolute Gasteiger partial charge is 0.307 e. The summed E-state index contributed by atoms with van der Waals surface area (Å²) in [6.07, 6.45) is 2.08. The van der Waals surface area contributed by atoms with Crippen LogP contribution >= 0.6 is 0 Å². The Labute approximate surface area is 153 Å². The Morgan fingerprint density at radius 2 is 1.69 bits per heavy atom. The lowest BCUT2D eigenvalue weighted by molar-refractivity contribution is -0.144. The van der Waals surface area contributed by atoms with Gasteiger partial charge in [-0.2, -0.15) is 0 Å². The van der Waals surface area contributed by atoms with Crippen molar-refractivity contribution in [2.24, 2.45) is 0 Å². The molecule has 0 aliphatic heterocycles. The van der Waals surface area contributed by atoms with Gasteiger partial charge in [-0.15, -0.1) is 0 Å². The minimum Gasteiger partial charge on any atom is -0.466 e. The van der Waals surface area contributed by atoms with Crippen LogP contribution in [-0.4, -0.2) is 22.5 Å². The number of carbonyl (C=O) groups excluding carboxylic acids is 1. The van der Waals surface area contributed by atoms with Gasteiger partial charge >= 0.3 is 5.97 Å². The quantitative estimate of drug-likeness (QED) is 0.631. The fourth-order valence-electron chi connectivity index (χ4n) is 4.16. The van der Waals surface area contributed by atoms with Crippen molar-refractivity contribution in [3.05, 3.63) is 59.8 Å². The minimum absolute atomic E-state index is 0.182. The molecule has 1 aromatic heterocycles. The van der Waals surface area contributed by atoms with Gasteiger partial charge in [0.05, 0.1) is 40.9 Å². The van der Waals surface area contributed by atoms with Gasteiger partial charge in [-0.25, -0.2) is 9.97 Å². The Morgan fingerprint density at radius 1 is 1.00 bits per heavy atom. The molecular formula is C22H22N2O2. The van der Waals surface area contributed by atoms with Crippen LogP contribution < -0.4 is 0 Å². The number of fused-ring (bicyclic) bond motifs is 4. The topological polar surface area (TPSA) is 52.1 Å². The predicted octanol–water partition coefficient (Wildman–Crippen LogP) is 4.65. The highest BCUT2D eigenvalue weighted by molar-refractivity contribution is 5.86. The molecule has 4 heteroatoms. The van der Waals surface area contributed by atoms with E-state index in [-0.39, 0.29) is 5.97 Å². The normalized spacial score (nSPS) is 17.8. The number of benzene rings is 2. The van der Waals surface area contributed by atoms with E-state index in [4.69, 9.17) is 14.7 Å². The molecule has 1 aliphatic rings. The number of para-hydroxylation sites is 2. The van der Waals surface area contributed by atoms with Crippen LogP contribution in [0.25, 0.3) is 22.3 Å². The summed E-state index contributed by atoms with van der Waals surface area (Å²) in [5.74, 6) is -0.182. The third kappa shape index (κ3) is 2.48. The second-order valence-corrected chi connectivity index (χ2v) is 6.77. The Kier molecular flexibility index (Phi) is 4.19. The maximum Gasteiger partial charge on any atom is 0.307 e. The lowest BCUT2D eigenvalue weighted by atomic mass is 9.74. The molecule has 26 heavy (non-hydrogen) atoms. The number of hydrogen-bond acceptors (Lipinski definition) is 4. The molecule has 4 rings (SSSR count). The molecule has 1 atom stereocenters. The Morgan fingerprint density at radius 3 is 2.42 bits per heavy atom. The predicted molar refractivity (Wildman–Crippen MR) is 102 cm³/mol. The molecule has 0 N–H and O–H groups in total. The maximum atomic E-state index is 12.5. The van der Waals surface area contributed by atoms with Gasteiger partial charge in [-0.1, -0.05) is 49.7 Å². The van der Waals surface area contributed by atoms with Crippen molar-refractivity contribution >= 4 is 17.0 Å². The summed E-state index contributed by atoms with van der Waals surface area (Å²) in [5, 5.41) is 0. The molecule has 0 bridgehead atoms. The van der Waals surface area contributed by atoms with Gasteiger partial charge in [0.25, 0.3) is 0 Å². The molecule has 0 saturated heterocycles. The highest BCUT2D eigenvalue weighted by atomic mass is 16.5. The molecule has 0 amide bonds. The Bertz CT molecular complexity index is 983. The molecule has 1 heterocycles. The molecule has 4 nitrogen and oxygen atoms in total. The average Bonchev–Trinajstić information content (AvgIpc) is 2.90. The van der Waals surface area contributed by atoms with Gasteiger partial charge in [-0.05, 0) is 31.0 Å².